The van der Waals surface area contributed by atoms with Crippen molar-refractivity contribution < 1.29 is 9.21 Å². The maximum Gasteiger partial charge on any atom is 0.240 e. The predicted octanol–water partition coefficient (Wildman–Crippen LogP) is 4.27. The Morgan fingerprint density at radius 2 is 1.88 bits per heavy atom. The number of hydrogen-bond donors (Lipinski definition) is 1. The van der Waals surface area contributed by atoms with Gasteiger partial charge in [0.25, 0.3) is 0 Å². The number of carbonyl (C=O) groups is 1. The minimum absolute atomic E-state index is 0.111. The third kappa shape index (κ3) is 3.34. The maximum absolute atomic E-state index is 12.5. The second-order valence-electron chi connectivity index (χ2n) is 5.87. The van der Waals surface area contributed by atoms with Gasteiger partial charge < -0.3 is 14.3 Å². The predicted molar refractivity (Wildman–Crippen MR) is 101 cm³/mol. The van der Waals surface area contributed by atoms with E-state index >= 15 is 0 Å². The SMILES string of the molecule is O=C(Cn1c(-c2ccc(Cl)cc2)nc2ccccc21)NCc1ccco1. The molecular formula is C20H16ClN3O2. The van der Waals surface area contributed by atoms with Crippen molar-refractivity contribution in [3.05, 3.63) is 77.7 Å². The molecule has 4 rings (SSSR count). The highest BCUT2D eigenvalue weighted by molar-refractivity contribution is 6.30. The van der Waals surface area contributed by atoms with Crippen molar-refractivity contribution in [1.29, 1.82) is 0 Å². The monoisotopic (exact) mass is 365 g/mol. The summed E-state index contributed by atoms with van der Waals surface area (Å²) in [5.41, 5.74) is 2.66. The summed E-state index contributed by atoms with van der Waals surface area (Å²) < 4.78 is 7.16. The lowest BCUT2D eigenvalue weighted by molar-refractivity contribution is -0.121. The Bertz CT molecular complexity index is 1040. The van der Waals surface area contributed by atoms with Crippen molar-refractivity contribution in [3.63, 3.8) is 0 Å². The number of halogens is 1. The van der Waals surface area contributed by atoms with Crippen molar-refractivity contribution in [2.45, 2.75) is 13.1 Å². The molecule has 1 N–H and O–H groups in total. The van der Waals surface area contributed by atoms with Gasteiger partial charge in [-0.2, -0.15) is 0 Å². The minimum Gasteiger partial charge on any atom is -0.467 e. The van der Waals surface area contributed by atoms with Crippen LogP contribution < -0.4 is 5.32 Å². The molecule has 0 aliphatic carbocycles. The zero-order valence-electron chi connectivity index (χ0n) is 13.9. The molecule has 26 heavy (non-hydrogen) atoms. The first-order chi connectivity index (χ1) is 12.7. The summed E-state index contributed by atoms with van der Waals surface area (Å²) in [5, 5.41) is 3.53. The average Bonchev–Trinajstić information content (AvgIpc) is 3.29. The van der Waals surface area contributed by atoms with Gasteiger partial charge in [-0.25, -0.2) is 4.98 Å². The highest BCUT2D eigenvalue weighted by Gasteiger charge is 2.15. The number of carbonyl (C=O) groups excluding carboxylic acids is 1. The van der Waals surface area contributed by atoms with E-state index in [-0.39, 0.29) is 12.5 Å². The summed E-state index contributed by atoms with van der Waals surface area (Å²) in [4.78, 5) is 17.2. The Hall–Kier alpha value is -3.05. The number of imidazole rings is 1. The van der Waals surface area contributed by atoms with E-state index in [1.807, 2.05) is 59.2 Å². The van der Waals surface area contributed by atoms with Crippen LogP contribution >= 0.6 is 11.6 Å². The molecule has 0 fully saturated rings. The average molecular weight is 366 g/mol. The van der Waals surface area contributed by atoms with Crippen LogP contribution in [0.4, 0.5) is 0 Å². The normalized spacial score (nSPS) is 11.0. The number of furan rings is 1. The third-order valence-corrected chi connectivity index (χ3v) is 4.35. The molecule has 130 valence electrons. The van der Waals surface area contributed by atoms with Crippen LogP contribution in [0.1, 0.15) is 5.76 Å². The van der Waals surface area contributed by atoms with E-state index in [1.165, 1.54) is 0 Å². The largest absolute Gasteiger partial charge is 0.467 e. The fourth-order valence-corrected chi connectivity index (χ4v) is 2.98. The van der Waals surface area contributed by atoms with Gasteiger partial charge in [0.15, 0.2) is 0 Å². The van der Waals surface area contributed by atoms with Crippen LogP contribution in [-0.4, -0.2) is 15.5 Å². The molecule has 2 aromatic heterocycles. The standard InChI is InChI=1S/C20H16ClN3O2/c21-15-9-7-14(8-10-15)20-23-17-5-1-2-6-18(17)24(20)13-19(25)22-12-16-4-3-11-26-16/h1-11H,12-13H2,(H,22,25). The van der Waals surface area contributed by atoms with E-state index in [2.05, 4.69) is 5.32 Å². The van der Waals surface area contributed by atoms with E-state index < -0.39 is 0 Å². The summed E-state index contributed by atoms with van der Waals surface area (Å²) in [6.07, 6.45) is 1.59. The number of benzene rings is 2. The Morgan fingerprint density at radius 3 is 2.65 bits per heavy atom. The van der Waals surface area contributed by atoms with E-state index in [0.29, 0.717) is 17.3 Å². The van der Waals surface area contributed by atoms with E-state index in [9.17, 15) is 4.79 Å². The second kappa shape index (κ2) is 7.06. The van der Waals surface area contributed by atoms with E-state index in [1.54, 1.807) is 12.3 Å². The van der Waals surface area contributed by atoms with Gasteiger partial charge in [-0.05, 0) is 48.5 Å². The first kappa shape index (κ1) is 16.4. The first-order valence-electron chi connectivity index (χ1n) is 8.21. The van der Waals surface area contributed by atoms with Gasteiger partial charge in [-0.3, -0.25) is 4.79 Å². The quantitative estimate of drug-likeness (QED) is 0.574. The Balaban J connectivity index is 1.65. The number of rotatable bonds is 5. The van der Waals surface area contributed by atoms with Gasteiger partial charge >= 0.3 is 0 Å². The molecule has 1 amide bonds. The Labute approximate surface area is 155 Å². The molecule has 0 radical (unpaired) electrons. The van der Waals surface area contributed by atoms with Crippen LogP contribution in [0.15, 0.2) is 71.3 Å². The summed E-state index contributed by atoms with van der Waals surface area (Å²) in [5.74, 6) is 1.34. The fraction of sp³-hybridized carbons (Fsp3) is 0.100. The number of aromatic nitrogens is 2. The lowest BCUT2D eigenvalue weighted by Gasteiger charge is -2.10. The number of nitrogens with one attached hydrogen (secondary N) is 1. The highest BCUT2D eigenvalue weighted by atomic mass is 35.5. The molecule has 4 aromatic rings. The van der Waals surface area contributed by atoms with Gasteiger partial charge in [0, 0.05) is 10.6 Å². The molecule has 0 bridgehead atoms. The van der Waals surface area contributed by atoms with Crippen LogP contribution in [0.3, 0.4) is 0 Å². The molecule has 6 heteroatoms. The van der Waals surface area contributed by atoms with Gasteiger partial charge in [0.1, 0.15) is 18.1 Å². The van der Waals surface area contributed by atoms with Crippen LogP contribution in [0.2, 0.25) is 5.02 Å². The highest BCUT2D eigenvalue weighted by Crippen LogP contribution is 2.25. The lowest BCUT2D eigenvalue weighted by Crippen LogP contribution is -2.27. The van der Waals surface area contributed by atoms with Gasteiger partial charge in [0.2, 0.25) is 5.91 Å². The van der Waals surface area contributed by atoms with Crippen molar-refractivity contribution in [3.8, 4) is 11.4 Å². The molecule has 0 aliphatic heterocycles. The maximum atomic E-state index is 12.5. The molecule has 2 heterocycles. The van der Waals surface area contributed by atoms with Crippen molar-refractivity contribution in [1.82, 2.24) is 14.9 Å². The molecule has 0 unspecified atom stereocenters. The number of amides is 1. The van der Waals surface area contributed by atoms with Crippen molar-refractivity contribution in [2.24, 2.45) is 0 Å². The third-order valence-electron chi connectivity index (χ3n) is 4.10. The van der Waals surface area contributed by atoms with E-state index in [0.717, 1.165) is 22.4 Å². The molecule has 0 spiro atoms. The molecule has 5 nitrogen and oxygen atoms in total. The summed E-state index contributed by atoms with van der Waals surface area (Å²) in [7, 11) is 0. The van der Waals surface area contributed by atoms with E-state index in [4.69, 9.17) is 21.0 Å². The minimum atomic E-state index is -0.111. The Kier molecular flexibility index (Phi) is 4.46. The summed E-state index contributed by atoms with van der Waals surface area (Å²) in [6.45, 7) is 0.522. The van der Waals surface area contributed by atoms with Crippen LogP contribution in [0, 0.1) is 0 Å². The number of fused-ring (bicyclic) bond motifs is 1. The number of para-hydroxylation sites is 2. The zero-order chi connectivity index (χ0) is 17.9. The topological polar surface area (TPSA) is 60.1 Å². The first-order valence-corrected chi connectivity index (χ1v) is 8.59. The van der Waals surface area contributed by atoms with Gasteiger partial charge in [-0.1, -0.05) is 23.7 Å². The number of hydrogen-bond acceptors (Lipinski definition) is 3. The Morgan fingerprint density at radius 1 is 1.08 bits per heavy atom. The van der Waals surface area contributed by atoms with Gasteiger partial charge in [-0.15, -0.1) is 0 Å². The van der Waals surface area contributed by atoms with Crippen LogP contribution in [0.5, 0.6) is 0 Å². The molecule has 0 atom stereocenters. The number of nitrogens with zero attached hydrogens (tertiary/aromatic N) is 2. The fourth-order valence-electron chi connectivity index (χ4n) is 2.85. The molecule has 0 aliphatic rings. The summed E-state index contributed by atoms with van der Waals surface area (Å²) >= 11 is 5.99. The van der Waals surface area contributed by atoms with Gasteiger partial charge in [0.05, 0.1) is 23.8 Å². The second-order valence-corrected chi connectivity index (χ2v) is 6.31. The summed E-state index contributed by atoms with van der Waals surface area (Å²) in [6, 6.07) is 18.8. The zero-order valence-corrected chi connectivity index (χ0v) is 14.6. The molecule has 2 aromatic carbocycles. The lowest BCUT2D eigenvalue weighted by atomic mass is 10.2. The molecule has 0 saturated carbocycles. The molecular weight excluding hydrogens is 350 g/mol. The van der Waals surface area contributed by atoms with Crippen molar-refractivity contribution in [2.75, 3.05) is 0 Å². The van der Waals surface area contributed by atoms with Crippen LogP contribution in [0.25, 0.3) is 22.4 Å². The van der Waals surface area contributed by atoms with Crippen molar-refractivity contribution >= 4 is 28.5 Å². The molecule has 0 saturated heterocycles. The van der Waals surface area contributed by atoms with Crippen LogP contribution in [-0.2, 0) is 17.9 Å². The smallest absolute Gasteiger partial charge is 0.240 e.